The van der Waals surface area contributed by atoms with Gasteiger partial charge in [0.05, 0.1) is 0 Å². The fourth-order valence-corrected chi connectivity index (χ4v) is 2.82. The quantitative estimate of drug-likeness (QED) is 0.770. The SMILES string of the molecule is CC(=O)N1CCCN(CCCCc2ccccc2)CC1. The molecule has 0 spiro atoms. The number of carbonyl (C=O) groups excluding carboxylic acids is 1. The average molecular weight is 274 g/mol. The van der Waals surface area contributed by atoms with Gasteiger partial charge in [-0.1, -0.05) is 30.3 Å². The summed E-state index contributed by atoms with van der Waals surface area (Å²) in [5.74, 6) is 0.218. The molecule has 3 nitrogen and oxygen atoms in total. The van der Waals surface area contributed by atoms with Gasteiger partial charge in [-0.25, -0.2) is 0 Å². The normalized spacial score (nSPS) is 16.9. The molecule has 1 aliphatic rings. The molecule has 1 aromatic carbocycles. The Hall–Kier alpha value is -1.35. The van der Waals surface area contributed by atoms with E-state index in [1.54, 1.807) is 6.92 Å². The summed E-state index contributed by atoms with van der Waals surface area (Å²) in [4.78, 5) is 15.9. The molecule has 2 rings (SSSR count). The van der Waals surface area contributed by atoms with E-state index in [1.165, 1.54) is 31.4 Å². The molecule has 0 aromatic heterocycles. The van der Waals surface area contributed by atoms with E-state index in [2.05, 4.69) is 35.2 Å². The van der Waals surface area contributed by atoms with Crippen molar-refractivity contribution in [1.29, 1.82) is 0 Å². The zero-order valence-electron chi connectivity index (χ0n) is 12.6. The Morgan fingerprint density at radius 3 is 2.60 bits per heavy atom. The lowest BCUT2D eigenvalue weighted by atomic mass is 10.1. The van der Waals surface area contributed by atoms with Gasteiger partial charge in [0.15, 0.2) is 0 Å². The van der Waals surface area contributed by atoms with Gasteiger partial charge in [-0.15, -0.1) is 0 Å². The summed E-state index contributed by atoms with van der Waals surface area (Å²) in [6, 6.07) is 10.7. The second-order valence-electron chi connectivity index (χ2n) is 5.64. The van der Waals surface area contributed by atoms with Crippen molar-refractivity contribution in [2.24, 2.45) is 0 Å². The first-order valence-electron chi connectivity index (χ1n) is 7.77. The Labute approximate surface area is 122 Å². The number of carbonyl (C=O) groups is 1. The lowest BCUT2D eigenvalue weighted by molar-refractivity contribution is -0.128. The minimum Gasteiger partial charge on any atom is -0.342 e. The minimum atomic E-state index is 0.218. The highest BCUT2D eigenvalue weighted by atomic mass is 16.2. The van der Waals surface area contributed by atoms with Crippen LogP contribution < -0.4 is 0 Å². The van der Waals surface area contributed by atoms with Crippen molar-refractivity contribution in [3.63, 3.8) is 0 Å². The molecule has 0 saturated carbocycles. The topological polar surface area (TPSA) is 23.6 Å². The molecule has 0 N–H and O–H groups in total. The van der Waals surface area contributed by atoms with Crippen LogP contribution in [0.3, 0.4) is 0 Å². The van der Waals surface area contributed by atoms with Crippen LogP contribution in [0.1, 0.15) is 31.7 Å². The molecular weight excluding hydrogens is 248 g/mol. The monoisotopic (exact) mass is 274 g/mol. The van der Waals surface area contributed by atoms with Crippen LogP contribution in [0.2, 0.25) is 0 Å². The first-order chi connectivity index (χ1) is 9.75. The Morgan fingerprint density at radius 2 is 1.85 bits per heavy atom. The highest BCUT2D eigenvalue weighted by Gasteiger charge is 2.15. The summed E-state index contributed by atoms with van der Waals surface area (Å²) in [7, 11) is 0. The van der Waals surface area contributed by atoms with E-state index >= 15 is 0 Å². The molecule has 1 heterocycles. The summed E-state index contributed by atoms with van der Waals surface area (Å²) >= 11 is 0. The van der Waals surface area contributed by atoms with Crippen LogP contribution >= 0.6 is 0 Å². The molecule has 20 heavy (non-hydrogen) atoms. The summed E-state index contributed by atoms with van der Waals surface area (Å²) in [5.41, 5.74) is 1.44. The van der Waals surface area contributed by atoms with Crippen LogP contribution in [-0.2, 0) is 11.2 Å². The summed E-state index contributed by atoms with van der Waals surface area (Å²) in [5, 5.41) is 0. The standard InChI is InChI=1S/C17H26N2O/c1-16(20)19-13-7-12-18(14-15-19)11-6-5-10-17-8-3-2-4-9-17/h2-4,8-9H,5-7,10-15H2,1H3. The third-order valence-electron chi connectivity index (χ3n) is 4.07. The molecule has 1 amide bonds. The second-order valence-corrected chi connectivity index (χ2v) is 5.64. The Bertz CT molecular complexity index is 405. The summed E-state index contributed by atoms with van der Waals surface area (Å²) in [6.07, 6.45) is 4.78. The molecule has 3 heteroatoms. The van der Waals surface area contributed by atoms with Gasteiger partial charge in [-0.3, -0.25) is 4.79 Å². The van der Waals surface area contributed by atoms with E-state index in [0.717, 1.165) is 32.6 Å². The molecule has 0 unspecified atom stereocenters. The number of unbranched alkanes of at least 4 members (excludes halogenated alkanes) is 1. The van der Waals surface area contributed by atoms with Gasteiger partial charge in [-0.2, -0.15) is 0 Å². The van der Waals surface area contributed by atoms with E-state index in [4.69, 9.17) is 0 Å². The predicted molar refractivity (Wildman–Crippen MR) is 82.7 cm³/mol. The van der Waals surface area contributed by atoms with Gasteiger partial charge < -0.3 is 9.80 Å². The van der Waals surface area contributed by atoms with Crippen molar-refractivity contribution in [2.75, 3.05) is 32.7 Å². The Kier molecular flexibility index (Phi) is 6.06. The maximum absolute atomic E-state index is 11.4. The zero-order chi connectivity index (χ0) is 14.2. The number of benzene rings is 1. The van der Waals surface area contributed by atoms with Gasteiger partial charge in [0, 0.05) is 26.6 Å². The average Bonchev–Trinajstić information content (AvgIpc) is 2.70. The molecule has 1 saturated heterocycles. The smallest absolute Gasteiger partial charge is 0.219 e. The number of hydrogen-bond donors (Lipinski definition) is 0. The maximum atomic E-state index is 11.4. The highest BCUT2D eigenvalue weighted by Crippen LogP contribution is 2.08. The molecule has 0 bridgehead atoms. The summed E-state index contributed by atoms with van der Waals surface area (Å²) in [6.45, 7) is 6.83. The number of nitrogens with zero attached hydrogens (tertiary/aromatic N) is 2. The lowest BCUT2D eigenvalue weighted by Crippen LogP contribution is -2.33. The van der Waals surface area contributed by atoms with Crippen LogP contribution in [0.4, 0.5) is 0 Å². The number of rotatable bonds is 5. The third-order valence-corrected chi connectivity index (χ3v) is 4.07. The van der Waals surface area contributed by atoms with Gasteiger partial charge in [-0.05, 0) is 44.3 Å². The van der Waals surface area contributed by atoms with Crippen LogP contribution in [0.25, 0.3) is 0 Å². The van der Waals surface area contributed by atoms with Gasteiger partial charge in [0.1, 0.15) is 0 Å². The van der Waals surface area contributed by atoms with E-state index in [1.807, 2.05) is 4.90 Å². The molecular formula is C17H26N2O. The Balaban J connectivity index is 1.63. The predicted octanol–water partition coefficient (Wildman–Crippen LogP) is 2.56. The lowest BCUT2D eigenvalue weighted by Gasteiger charge is -2.20. The van der Waals surface area contributed by atoms with Crippen LogP contribution in [0.5, 0.6) is 0 Å². The van der Waals surface area contributed by atoms with E-state index in [9.17, 15) is 4.79 Å². The molecule has 0 atom stereocenters. The van der Waals surface area contributed by atoms with Crippen LogP contribution in [0, 0.1) is 0 Å². The van der Waals surface area contributed by atoms with Gasteiger partial charge in [0.2, 0.25) is 5.91 Å². The number of hydrogen-bond acceptors (Lipinski definition) is 2. The van der Waals surface area contributed by atoms with E-state index < -0.39 is 0 Å². The molecule has 0 radical (unpaired) electrons. The van der Waals surface area contributed by atoms with Crippen molar-refractivity contribution in [3.8, 4) is 0 Å². The van der Waals surface area contributed by atoms with Gasteiger partial charge in [0.25, 0.3) is 0 Å². The third kappa shape index (κ3) is 4.97. The maximum Gasteiger partial charge on any atom is 0.219 e. The highest BCUT2D eigenvalue weighted by molar-refractivity contribution is 5.73. The largest absolute Gasteiger partial charge is 0.342 e. The van der Waals surface area contributed by atoms with Crippen molar-refractivity contribution >= 4 is 5.91 Å². The Morgan fingerprint density at radius 1 is 1.05 bits per heavy atom. The first kappa shape index (κ1) is 15.0. The second kappa shape index (κ2) is 8.05. The fraction of sp³-hybridized carbons (Fsp3) is 0.588. The van der Waals surface area contributed by atoms with Crippen molar-refractivity contribution in [2.45, 2.75) is 32.6 Å². The molecule has 1 aromatic rings. The van der Waals surface area contributed by atoms with Crippen LogP contribution in [0.15, 0.2) is 30.3 Å². The summed E-state index contributed by atoms with van der Waals surface area (Å²) < 4.78 is 0. The van der Waals surface area contributed by atoms with Crippen molar-refractivity contribution in [1.82, 2.24) is 9.80 Å². The van der Waals surface area contributed by atoms with E-state index in [0.29, 0.717) is 0 Å². The van der Waals surface area contributed by atoms with Crippen molar-refractivity contribution in [3.05, 3.63) is 35.9 Å². The molecule has 1 aliphatic heterocycles. The van der Waals surface area contributed by atoms with Crippen LogP contribution in [-0.4, -0.2) is 48.4 Å². The minimum absolute atomic E-state index is 0.218. The molecule has 0 aliphatic carbocycles. The van der Waals surface area contributed by atoms with Crippen molar-refractivity contribution < 1.29 is 4.79 Å². The fourth-order valence-electron chi connectivity index (χ4n) is 2.82. The number of aryl methyl sites for hydroxylation is 1. The van der Waals surface area contributed by atoms with Gasteiger partial charge >= 0.3 is 0 Å². The zero-order valence-corrected chi connectivity index (χ0v) is 12.6. The first-order valence-corrected chi connectivity index (χ1v) is 7.77. The number of amides is 1. The molecule has 1 fully saturated rings. The molecule has 110 valence electrons. The van der Waals surface area contributed by atoms with E-state index in [-0.39, 0.29) is 5.91 Å².